The summed E-state index contributed by atoms with van der Waals surface area (Å²) < 4.78 is 5.80. The number of nitrogens with two attached hydrogens (primary N) is 1. The second-order valence-corrected chi connectivity index (χ2v) is 4.70. The largest absolute Gasteiger partial charge is 0.486 e. The zero-order valence-corrected chi connectivity index (χ0v) is 9.14. The van der Waals surface area contributed by atoms with Crippen LogP contribution in [-0.4, -0.2) is 11.6 Å². The fourth-order valence-corrected chi connectivity index (χ4v) is 1.84. The smallest absolute Gasteiger partial charge is 0.123 e. The number of ether oxygens (including phenoxy) is 1. The van der Waals surface area contributed by atoms with Crippen LogP contribution in [0.5, 0.6) is 5.75 Å². The molecule has 1 atom stereocenters. The summed E-state index contributed by atoms with van der Waals surface area (Å²) in [5.74, 6) is 0.904. The van der Waals surface area contributed by atoms with E-state index in [4.69, 9.17) is 22.1 Å². The lowest BCUT2D eigenvalue weighted by Crippen LogP contribution is -2.51. The fourth-order valence-electron chi connectivity index (χ4n) is 1.65. The normalized spacial score (nSPS) is 23.9. The summed E-state index contributed by atoms with van der Waals surface area (Å²) in [5, 5.41) is 0.735. The monoisotopic (exact) mass is 211 g/mol. The molecule has 0 saturated carbocycles. The van der Waals surface area contributed by atoms with Gasteiger partial charge in [0, 0.05) is 11.1 Å². The fraction of sp³-hybridized carbons (Fsp3) is 0.455. The van der Waals surface area contributed by atoms with Crippen LogP contribution >= 0.6 is 11.6 Å². The van der Waals surface area contributed by atoms with Crippen LogP contribution < -0.4 is 10.5 Å². The Kier molecular flexibility index (Phi) is 2.20. The molecular formula is C11H14ClNO. The van der Waals surface area contributed by atoms with Crippen molar-refractivity contribution in [3.63, 3.8) is 0 Å². The molecule has 0 aliphatic carbocycles. The third kappa shape index (κ3) is 1.60. The summed E-state index contributed by atoms with van der Waals surface area (Å²) in [4.78, 5) is 0. The van der Waals surface area contributed by atoms with Crippen molar-refractivity contribution in [2.45, 2.75) is 31.9 Å². The topological polar surface area (TPSA) is 35.2 Å². The van der Waals surface area contributed by atoms with Crippen molar-refractivity contribution in [1.29, 1.82) is 0 Å². The van der Waals surface area contributed by atoms with E-state index in [1.807, 2.05) is 32.0 Å². The Labute approximate surface area is 89.0 Å². The molecule has 76 valence electrons. The predicted octanol–water partition coefficient (Wildman–Crippen LogP) is 2.38. The molecular weight excluding hydrogens is 198 g/mol. The molecule has 0 bridgehead atoms. The first-order chi connectivity index (χ1) is 6.49. The molecule has 3 heteroatoms. The molecule has 1 aliphatic rings. The van der Waals surface area contributed by atoms with Gasteiger partial charge in [0.1, 0.15) is 11.4 Å². The minimum absolute atomic E-state index is 0.0217. The zero-order chi connectivity index (χ0) is 10.3. The maximum absolute atomic E-state index is 6.01. The van der Waals surface area contributed by atoms with Crippen LogP contribution in [0.2, 0.25) is 5.02 Å². The summed E-state index contributed by atoms with van der Waals surface area (Å²) >= 11 is 5.90. The van der Waals surface area contributed by atoms with E-state index in [1.165, 1.54) is 0 Å². The molecule has 2 rings (SSSR count). The molecule has 1 aromatic carbocycles. The van der Waals surface area contributed by atoms with Crippen LogP contribution in [0.1, 0.15) is 19.4 Å². The van der Waals surface area contributed by atoms with E-state index in [-0.39, 0.29) is 11.6 Å². The minimum Gasteiger partial charge on any atom is -0.486 e. The Morgan fingerprint density at radius 1 is 1.50 bits per heavy atom. The van der Waals surface area contributed by atoms with Gasteiger partial charge in [-0.25, -0.2) is 0 Å². The lowest BCUT2D eigenvalue weighted by Gasteiger charge is -2.37. The molecule has 2 N–H and O–H groups in total. The van der Waals surface area contributed by atoms with Crippen LogP contribution in [0.4, 0.5) is 0 Å². The van der Waals surface area contributed by atoms with Gasteiger partial charge in [-0.05, 0) is 44.0 Å². The first-order valence-corrected chi connectivity index (χ1v) is 5.10. The molecule has 0 amide bonds. The summed E-state index contributed by atoms with van der Waals surface area (Å²) in [6.45, 7) is 4.02. The molecule has 1 aromatic rings. The highest BCUT2D eigenvalue weighted by Gasteiger charge is 2.34. The number of hydrogen-bond acceptors (Lipinski definition) is 2. The summed E-state index contributed by atoms with van der Waals surface area (Å²) in [6.07, 6.45) is 0.822. The quantitative estimate of drug-likeness (QED) is 0.715. The average molecular weight is 212 g/mol. The van der Waals surface area contributed by atoms with Crippen molar-refractivity contribution in [2.75, 3.05) is 0 Å². The SMILES string of the molecule is CC1(C)Oc2ccc(Cl)cc2CC1N. The Balaban J connectivity index is 2.41. The second kappa shape index (κ2) is 3.14. The first kappa shape index (κ1) is 9.81. The number of rotatable bonds is 0. The van der Waals surface area contributed by atoms with E-state index in [2.05, 4.69) is 0 Å². The van der Waals surface area contributed by atoms with Crippen molar-refractivity contribution >= 4 is 11.6 Å². The van der Waals surface area contributed by atoms with Crippen molar-refractivity contribution in [3.05, 3.63) is 28.8 Å². The van der Waals surface area contributed by atoms with Gasteiger partial charge in [-0.3, -0.25) is 0 Å². The number of benzene rings is 1. The second-order valence-electron chi connectivity index (χ2n) is 4.27. The van der Waals surface area contributed by atoms with E-state index in [0.717, 1.165) is 22.8 Å². The molecule has 0 spiro atoms. The van der Waals surface area contributed by atoms with E-state index >= 15 is 0 Å². The van der Waals surface area contributed by atoms with Gasteiger partial charge in [-0.1, -0.05) is 11.6 Å². The molecule has 0 saturated heterocycles. The molecule has 0 aromatic heterocycles. The van der Waals surface area contributed by atoms with Crippen molar-refractivity contribution in [2.24, 2.45) is 5.73 Å². The first-order valence-electron chi connectivity index (χ1n) is 4.72. The number of hydrogen-bond donors (Lipinski definition) is 1. The molecule has 0 radical (unpaired) electrons. The molecule has 1 aliphatic heterocycles. The van der Waals surface area contributed by atoms with Gasteiger partial charge in [0.15, 0.2) is 0 Å². The van der Waals surface area contributed by atoms with Crippen LogP contribution in [-0.2, 0) is 6.42 Å². The van der Waals surface area contributed by atoms with E-state index in [9.17, 15) is 0 Å². The Morgan fingerprint density at radius 3 is 2.93 bits per heavy atom. The van der Waals surface area contributed by atoms with E-state index in [0.29, 0.717) is 0 Å². The predicted molar refractivity (Wildman–Crippen MR) is 57.8 cm³/mol. The summed E-state index contributed by atoms with van der Waals surface area (Å²) in [6, 6.07) is 5.69. The standard InChI is InChI=1S/C11H14ClNO/c1-11(2)10(13)6-7-5-8(12)3-4-9(7)14-11/h3-5,10H,6,13H2,1-2H3. The Hall–Kier alpha value is -0.730. The number of halogens is 1. The van der Waals surface area contributed by atoms with E-state index in [1.54, 1.807) is 0 Å². The third-order valence-electron chi connectivity index (χ3n) is 2.73. The highest BCUT2D eigenvalue weighted by Crippen LogP contribution is 2.33. The molecule has 1 unspecified atom stereocenters. The Morgan fingerprint density at radius 2 is 2.21 bits per heavy atom. The van der Waals surface area contributed by atoms with Gasteiger partial charge in [-0.15, -0.1) is 0 Å². The van der Waals surface area contributed by atoms with Gasteiger partial charge in [0.05, 0.1) is 0 Å². The lowest BCUT2D eigenvalue weighted by atomic mass is 9.89. The van der Waals surface area contributed by atoms with Crippen molar-refractivity contribution in [1.82, 2.24) is 0 Å². The lowest BCUT2D eigenvalue weighted by molar-refractivity contribution is 0.0640. The van der Waals surface area contributed by atoms with Crippen LogP contribution in [0.25, 0.3) is 0 Å². The molecule has 0 fully saturated rings. The highest BCUT2D eigenvalue weighted by molar-refractivity contribution is 6.30. The average Bonchev–Trinajstić information content (AvgIpc) is 2.08. The van der Waals surface area contributed by atoms with Gasteiger partial charge >= 0.3 is 0 Å². The maximum atomic E-state index is 6.01. The van der Waals surface area contributed by atoms with Gasteiger partial charge < -0.3 is 10.5 Å². The maximum Gasteiger partial charge on any atom is 0.123 e. The van der Waals surface area contributed by atoms with Crippen molar-refractivity contribution < 1.29 is 4.74 Å². The van der Waals surface area contributed by atoms with Crippen LogP contribution in [0.15, 0.2) is 18.2 Å². The molecule has 14 heavy (non-hydrogen) atoms. The third-order valence-corrected chi connectivity index (χ3v) is 2.96. The molecule has 1 heterocycles. The van der Waals surface area contributed by atoms with Gasteiger partial charge in [-0.2, -0.15) is 0 Å². The van der Waals surface area contributed by atoms with Gasteiger partial charge in [0.2, 0.25) is 0 Å². The highest BCUT2D eigenvalue weighted by atomic mass is 35.5. The van der Waals surface area contributed by atoms with Crippen LogP contribution in [0, 0.1) is 0 Å². The summed E-state index contributed by atoms with van der Waals surface area (Å²) in [7, 11) is 0. The molecule has 2 nitrogen and oxygen atoms in total. The minimum atomic E-state index is -0.291. The zero-order valence-electron chi connectivity index (χ0n) is 8.38. The Bertz CT molecular complexity index is 362. The number of fused-ring (bicyclic) bond motifs is 1. The van der Waals surface area contributed by atoms with E-state index < -0.39 is 0 Å². The van der Waals surface area contributed by atoms with Crippen LogP contribution in [0.3, 0.4) is 0 Å². The summed E-state index contributed by atoms with van der Waals surface area (Å²) in [5.41, 5.74) is 6.82. The van der Waals surface area contributed by atoms with Crippen molar-refractivity contribution in [3.8, 4) is 5.75 Å². The van der Waals surface area contributed by atoms with Gasteiger partial charge in [0.25, 0.3) is 0 Å².